The second-order valence-corrected chi connectivity index (χ2v) is 10.5. The number of methoxy groups -OCH3 is 1. The molecule has 2 fully saturated rings. The number of carbonyl (C=O) groups is 1. The number of nitrogens with one attached hydrogen (secondary N) is 1. The molecule has 1 heterocycles. The van der Waals surface area contributed by atoms with Gasteiger partial charge in [0.05, 0.1) is 22.2 Å². The van der Waals surface area contributed by atoms with E-state index in [0.717, 1.165) is 31.2 Å². The molecule has 11 heteroatoms. The zero-order chi connectivity index (χ0) is 25.3. The Morgan fingerprint density at radius 3 is 2.29 bits per heavy atom. The standard InChI is InChI=1S/C24H21Cl5N2O3S/c1-33-16-8-7-12(10-15-23(32)31(24(35)30-15)14-5-3-2-4-6-14)9-13(16)11-34-22-20(28)18(26)17(25)19(27)21(22)29/h7-10,14H,2-6,11H2,1H3,(H,30,35)/b15-10+. The van der Waals surface area contributed by atoms with E-state index in [2.05, 4.69) is 5.32 Å². The van der Waals surface area contributed by atoms with Gasteiger partial charge in [0.1, 0.15) is 28.1 Å². The molecule has 186 valence electrons. The molecule has 0 radical (unpaired) electrons. The molecule has 0 unspecified atom stereocenters. The second-order valence-electron chi connectivity index (χ2n) is 8.21. The molecule has 2 aromatic rings. The molecular formula is C24H21Cl5N2O3S. The lowest BCUT2D eigenvalue weighted by Gasteiger charge is -2.29. The molecule has 1 saturated carbocycles. The summed E-state index contributed by atoms with van der Waals surface area (Å²) in [7, 11) is 1.55. The number of halogens is 5. The SMILES string of the molecule is COc1ccc(/C=C2/NC(=S)N(C3CCCCC3)C2=O)cc1COc1c(Cl)c(Cl)c(Cl)c(Cl)c1Cl. The van der Waals surface area contributed by atoms with Gasteiger partial charge >= 0.3 is 0 Å². The molecule has 35 heavy (non-hydrogen) atoms. The highest BCUT2D eigenvalue weighted by Crippen LogP contribution is 2.48. The van der Waals surface area contributed by atoms with Crippen LogP contribution in [-0.2, 0) is 11.4 Å². The van der Waals surface area contributed by atoms with Crippen LogP contribution >= 0.6 is 70.2 Å². The third kappa shape index (κ3) is 5.48. The molecule has 1 N–H and O–H groups in total. The van der Waals surface area contributed by atoms with Gasteiger partial charge < -0.3 is 14.8 Å². The third-order valence-corrected chi connectivity index (χ3v) is 8.55. The first-order chi connectivity index (χ1) is 16.7. The fourth-order valence-electron chi connectivity index (χ4n) is 4.25. The molecular weight excluding hydrogens is 574 g/mol. The number of rotatable bonds is 6. The minimum absolute atomic E-state index is 0.0436. The number of carbonyl (C=O) groups excluding carboxylic acids is 1. The van der Waals surface area contributed by atoms with Crippen molar-refractivity contribution in [3.8, 4) is 11.5 Å². The first kappa shape index (κ1) is 26.6. The minimum Gasteiger partial charge on any atom is -0.496 e. The van der Waals surface area contributed by atoms with Crippen molar-refractivity contribution in [3.05, 3.63) is 60.1 Å². The molecule has 1 amide bonds. The van der Waals surface area contributed by atoms with Gasteiger partial charge in [0.2, 0.25) is 0 Å². The molecule has 4 rings (SSSR count). The molecule has 0 atom stereocenters. The molecule has 2 aromatic carbocycles. The molecule has 0 bridgehead atoms. The number of thiocarbonyl (C=S) groups is 1. The Labute approximate surface area is 234 Å². The number of hydrogen-bond acceptors (Lipinski definition) is 4. The Morgan fingerprint density at radius 2 is 1.66 bits per heavy atom. The summed E-state index contributed by atoms with van der Waals surface area (Å²) in [5, 5.41) is 3.78. The summed E-state index contributed by atoms with van der Waals surface area (Å²) in [6.07, 6.45) is 7.11. The zero-order valence-corrected chi connectivity index (χ0v) is 23.2. The van der Waals surface area contributed by atoms with Crippen LogP contribution in [0.3, 0.4) is 0 Å². The average molecular weight is 595 g/mol. The second kappa shape index (κ2) is 11.3. The van der Waals surface area contributed by atoms with E-state index in [4.69, 9.17) is 79.7 Å². The van der Waals surface area contributed by atoms with Crippen LogP contribution < -0.4 is 14.8 Å². The van der Waals surface area contributed by atoms with E-state index >= 15 is 0 Å². The van der Waals surface area contributed by atoms with Gasteiger partial charge in [0.15, 0.2) is 10.9 Å². The van der Waals surface area contributed by atoms with Crippen molar-refractivity contribution in [2.75, 3.05) is 7.11 Å². The van der Waals surface area contributed by atoms with Crippen LogP contribution in [0.5, 0.6) is 11.5 Å². The van der Waals surface area contributed by atoms with Crippen LogP contribution in [-0.4, -0.2) is 29.1 Å². The largest absolute Gasteiger partial charge is 0.496 e. The van der Waals surface area contributed by atoms with Gasteiger partial charge in [-0.1, -0.05) is 83.3 Å². The normalized spacial score (nSPS) is 17.8. The summed E-state index contributed by atoms with van der Waals surface area (Å²) in [5.41, 5.74) is 1.88. The summed E-state index contributed by atoms with van der Waals surface area (Å²) in [6.45, 7) is 0.0436. The molecule has 2 aliphatic rings. The van der Waals surface area contributed by atoms with Crippen molar-refractivity contribution in [3.63, 3.8) is 0 Å². The summed E-state index contributed by atoms with van der Waals surface area (Å²) in [5.74, 6) is 0.579. The van der Waals surface area contributed by atoms with Gasteiger partial charge in [0, 0.05) is 11.6 Å². The van der Waals surface area contributed by atoms with Crippen LogP contribution in [0.2, 0.25) is 25.1 Å². The van der Waals surface area contributed by atoms with Gasteiger partial charge in [-0.2, -0.15) is 0 Å². The maximum atomic E-state index is 13.1. The topological polar surface area (TPSA) is 50.8 Å². The number of ether oxygens (including phenoxy) is 2. The summed E-state index contributed by atoms with van der Waals surface area (Å²) in [6, 6.07) is 5.61. The van der Waals surface area contributed by atoms with Gasteiger partial charge in [-0.15, -0.1) is 0 Å². The quantitative estimate of drug-likeness (QED) is 0.159. The Kier molecular flexibility index (Phi) is 8.62. The Balaban J connectivity index is 1.58. The monoisotopic (exact) mass is 592 g/mol. The van der Waals surface area contributed by atoms with E-state index in [-0.39, 0.29) is 49.4 Å². The van der Waals surface area contributed by atoms with Crippen molar-refractivity contribution in [1.82, 2.24) is 10.2 Å². The van der Waals surface area contributed by atoms with Crippen molar-refractivity contribution >= 4 is 87.3 Å². The molecule has 1 aliphatic carbocycles. The third-order valence-electron chi connectivity index (χ3n) is 6.01. The molecule has 0 spiro atoms. The predicted molar refractivity (Wildman–Crippen MR) is 146 cm³/mol. The van der Waals surface area contributed by atoms with E-state index in [1.54, 1.807) is 24.2 Å². The average Bonchev–Trinajstić information content (AvgIpc) is 3.14. The van der Waals surface area contributed by atoms with Crippen LogP contribution in [0, 0.1) is 0 Å². The van der Waals surface area contributed by atoms with Crippen LogP contribution in [0.4, 0.5) is 0 Å². The lowest BCUT2D eigenvalue weighted by Crippen LogP contribution is -2.41. The molecule has 1 aliphatic heterocycles. The smallest absolute Gasteiger partial charge is 0.276 e. The van der Waals surface area contributed by atoms with E-state index in [9.17, 15) is 4.79 Å². The van der Waals surface area contributed by atoms with Crippen molar-refractivity contribution in [2.45, 2.75) is 44.8 Å². The fraction of sp³-hybridized carbons (Fsp3) is 0.333. The van der Waals surface area contributed by atoms with Crippen LogP contribution in [0.25, 0.3) is 6.08 Å². The van der Waals surface area contributed by atoms with E-state index in [1.807, 2.05) is 12.1 Å². The van der Waals surface area contributed by atoms with E-state index in [1.165, 1.54) is 6.42 Å². The molecule has 0 aromatic heterocycles. The summed E-state index contributed by atoms with van der Waals surface area (Å²) >= 11 is 36.4. The lowest BCUT2D eigenvalue weighted by molar-refractivity contribution is -0.124. The Hall–Kier alpha value is -1.41. The van der Waals surface area contributed by atoms with Crippen molar-refractivity contribution in [1.29, 1.82) is 0 Å². The minimum atomic E-state index is -0.112. The molecule has 5 nitrogen and oxygen atoms in total. The number of nitrogens with zero attached hydrogens (tertiary/aromatic N) is 1. The lowest BCUT2D eigenvalue weighted by atomic mass is 9.94. The number of benzene rings is 2. The van der Waals surface area contributed by atoms with E-state index in [0.29, 0.717) is 22.1 Å². The first-order valence-corrected chi connectivity index (χ1v) is 13.2. The number of amides is 1. The van der Waals surface area contributed by atoms with Gasteiger partial charge in [-0.3, -0.25) is 9.69 Å². The highest BCUT2D eigenvalue weighted by molar-refractivity contribution is 7.80. The maximum absolute atomic E-state index is 13.1. The summed E-state index contributed by atoms with van der Waals surface area (Å²) in [4.78, 5) is 14.8. The summed E-state index contributed by atoms with van der Waals surface area (Å²) < 4.78 is 11.3. The van der Waals surface area contributed by atoms with E-state index < -0.39 is 0 Å². The van der Waals surface area contributed by atoms with Crippen molar-refractivity contribution < 1.29 is 14.3 Å². The number of hydrogen-bond donors (Lipinski definition) is 1. The Morgan fingerprint density at radius 1 is 1.03 bits per heavy atom. The van der Waals surface area contributed by atoms with Crippen molar-refractivity contribution in [2.24, 2.45) is 0 Å². The van der Waals surface area contributed by atoms with Gasteiger partial charge in [-0.25, -0.2) is 0 Å². The van der Waals surface area contributed by atoms with Gasteiger partial charge in [-0.05, 0) is 48.8 Å². The maximum Gasteiger partial charge on any atom is 0.276 e. The highest BCUT2D eigenvalue weighted by atomic mass is 35.5. The van der Waals surface area contributed by atoms with Gasteiger partial charge in [0.25, 0.3) is 5.91 Å². The predicted octanol–water partition coefficient (Wildman–Crippen LogP) is 7.93. The first-order valence-electron chi connectivity index (χ1n) is 10.9. The van der Waals surface area contributed by atoms with Crippen LogP contribution in [0.1, 0.15) is 43.2 Å². The highest BCUT2D eigenvalue weighted by Gasteiger charge is 2.36. The fourth-order valence-corrected chi connectivity index (χ4v) is 5.82. The molecule has 1 saturated heterocycles. The van der Waals surface area contributed by atoms with Crippen LogP contribution in [0.15, 0.2) is 23.9 Å². The zero-order valence-electron chi connectivity index (χ0n) is 18.6. The Bertz CT molecular complexity index is 1190.